The highest BCUT2D eigenvalue weighted by molar-refractivity contribution is 7.99. The summed E-state index contributed by atoms with van der Waals surface area (Å²) in [4.78, 5) is 8.08. The van der Waals surface area contributed by atoms with Crippen molar-refractivity contribution in [3.8, 4) is 0 Å². The first-order chi connectivity index (χ1) is 8.74. The third-order valence-corrected chi connectivity index (χ3v) is 4.33. The van der Waals surface area contributed by atoms with Gasteiger partial charge in [-0.05, 0) is 26.0 Å². The average Bonchev–Trinajstić information content (AvgIpc) is 2.81. The van der Waals surface area contributed by atoms with Crippen LogP contribution >= 0.6 is 11.8 Å². The smallest absolute Gasteiger partial charge is 0.224 e. The second-order valence-corrected chi connectivity index (χ2v) is 5.45. The third-order valence-electron chi connectivity index (χ3n) is 3.16. The Kier molecular flexibility index (Phi) is 4.63. The minimum Gasteiger partial charge on any atom is -0.364 e. The number of rotatable bonds is 5. The van der Waals surface area contributed by atoms with Crippen LogP contribution in [0.5, 0.6) is 0 Å². The fourth-order valence-electron chi connectivity index (χ4n) is 2.26. The van der Waals surface area contributed by atoms with Gasteiger partial charge in [-0.25, -0.2) is 9.37 Å². The van der Waals surface area contributed by atoms with Crippen molar-refractivity contribution in [1.82, 2.24) is 9.97 Å². The van der Waals surface area contributed by atoms with Crippen LogP contribution in [0.1, 0.15) is 26.2 Å². The third kappa shape index (κ3) is 3.04. The SMILES string of the molecule is CCNc1ncc(F)c(NC2CCCC2SC)n1. The molecule has 0 aromatic carbocycles. The molecular formula is C12H19FN4S. The Morgan fingerprint density at radius 3 is 3.06 bits per heavy atom. The molecule has 1 aromatic heterocycles. The van der Waals surface area contributed by atoms with Crippen molar-refractivity contribution in [1.29, 1.82) is 0 Å². The zero-order valence-corrected chi connectivity index (χ0v) is 11.6. The monoisotopic (exact) mass is 270 g/mol. The molecule has 1 aliphatic rings. The number of hydrogen-bond acceptors (Lipinski definition) is 5. The van der Waals surface area contributed by atoms with Gasteiger partial charge in [0, 0.05) is 17.8 Å². The van der Waals surface area contributed by atoms with Crippen molar-refractivity contribution in [2.75, 3.05) is 23.4 Å². The zero-order chi connectivity index (χ0) is 13.0. The lowest BCUT2D eigenvalue weighted by Gasteiger charge is -2.20. The normalized spacial score (nSPS) is 23.1. The molecule has 1 saturated carbocycles. The van der Waals surface area contributed by atoms with Crippen LogP contribution in [0.25, 0.3) is 0 Å². The molecule has 2 N–H and O–H groups in total. The standard InChI is InChI=1S/C12H19FN4S/c1-3-14-12-15-7-8(13)11(17-12)16-9-5-4-6-10(9)18-2/h7,9-10H,3-6H2,1-2H3,(H2,14,15,16,17). The molecule has 2 unspecified atom stereocenters. The molecule has 0 amide bonds. The number of nitrogens with one attached hydrogen (secondary N) is 2. The summed E-state index contributed by atoms with van der Waals surface area (Å²) in [7, 11) is 0. The van der Waals surface area contributed by atoms with E-state index in [1.807, 2.05) is 18.7 Å². The molecule has 0 radical (unpaired) electrons. The maximum atomic E-state index is 13.7. The van der Waals surface area contributed by atoms with E-state index in [1.165, 1.54) is 19.0 Å². The van der Waals surface area contributed by atoms with Gasteiger partial charge in [0.15, 0.2) is 11.6 Å². The fraction of sp³-hybridized carbons (Fsp3) is 0.667. The Morgan fingerprint density at radius 2 is 2.33 bits per heavy atom. The number of hydrogen-bond donors (Lipinski definition) is 2. The maximum Gasteiger partial charge on any atom is 0.224 e. The Balaban J connectivity index is 2.09. The summed E-state index contributed by atoms with van der Waals surface area (Å²) in [5.41, 5.74) is 0. The summed E-state index contributed by atoms with van der Waals surface area (Å²) in [6.07, 6.45) is 6.77. The first-order valence-electron chi connectivity index (χ1n) is 6.30. The number of halogens is 1. The molecule has 0 saturated heterocycles. The van der Waals surface area contributed by atoms with Crippen molar-refractivity contribution in [3.05, 3.63) is 12.0 Å². The number of nitrogens with zero attached hydrogens (tertiary/aromatic N) is 2. The molecule has 1 fully saturated rings. The number of thioether (sulfide) groups is 1. The summed E-state index contributed by atoms with van der Waals surface area (Å²) in [5, 5.41) is 6.76. The molecule has 1 aliphatic carbocycles. The first-order valence-corrected chi connectivity index (χ1v) is 7.59. The summed E-state index contributed by atoms with van der Waals surface area (Å²) in [6.45, 7) is 2.68. The van der Waals surface area contributed by atoms with Gasteiger partial charge in [-0.3, -0.25) is 0 Å². The van der Waals surface area contributed by atoms with Crippen molar-refractivity contribution >= 4 is 23.5 Å². The lowest BCUT2D eigenvalue weighted by molar-refractivity contribution is 0.611. The molecule has 2 rings (SSSR count). The minimum atomic E-state index is -0.386. The fourth-order valence-corrected chi connectivity index (χ4v) is 3.20. The highest BCUT2D eigenvalue weighted by atomic mass is 32.2. The average molecular weight is 270 g/mol. The van der Waals surface area contributed by atoms with Gasteiger partial charge in [0.05, 0.1) is 6.20 Å². The van der Waals surface area contributed by atoms with Gasteiger partial charge in [-0.15, -0.1) is 0 Å². The van der Waals surface area contributed by atoms with Crippen LogP contribution in [-0.2, 0) is 0 Å². The van der Waals surface area contributed by atoms with Crippen molar-refractivity contribution in [3.63, 3.8) is 0 Å². The molecule has 0 bridgehead atoms. The van der Waals surface area contributed by atoms with Crippen LogP contribution in [0.15, 0.2) is 6.20 Å². The van der Waals surface area contributed by atoms with Crippen LogP contribution in [0.3, 0.4) is 0 Å². The van der Waals surface area contributed by atoms with Gasteiger partial charge in [-0.2, -0.15) is 16.7 Å². The lowest BCUT2D eigenvalue weighted by atomic mass is 10.2. The van der Waals surface area contributed by atoms with E-state index in [0.717, 1.165) is 13.0 Å². The summed E-state index contributed by atoms with van der Waals surface area (Å²) < 4.78 is 13.7. The molecule has 18 heavy (non-hydrogen) atoms. The lowest BCUT2D eigenvalue weighted by Crippen LogP contribution is -2.27. The van der Waals surface area contributed by atoms with E-state index in [0.29, 0.717) is 23.1 Å². The summed E-state index contributed by atoms with van der Waals surface area (Å²) >= 11 is 1.84. The van der Waals surface area contributed by atoms with E-state index in [1.54, 1.807) is 0 Å². The van der Waals surface area contributed by atoms with E-state index in [4.69, 9.17) is 0 Å². The van der Waals surface area contributed by atoms with Crippen molar-refractivity contribution < 1.29 is 4.39 Å². The Labute approximate surface area is 111 Å². The molecular weight excluding hydrogens is 251 g/mol. The van der Waals surface area contributed by atoms with Gasteiger partial charge in [-0.1, -0.05) is 6.42 Å². The van der Waals surface area contributed by atoms with Crippen molar-refractivity contribution in [2.24, 2.45) is 0 Å². The first kappa shape index (κ1) is 13.4. The van der Waals surface area contributed by atoms with Crippen LogP contribution in [0.4, 0.5) is 16.2 Å². The molecule has 0 aliphatic heterocycles. The predicted molar refractivity (Wildman–Crippen MR) is 74.7 cm³/mol. The number of aromatic nitrogens is 2. The number of anilines is 2. The van der Waals surface area contributed by atoms with Gasteiger partial charge >= 0.3 is 0 Å². The van der Waals surface area contributed by atoms with E-state index in [9.17, 15) is 4.39 Å². The predicted octanol–water partition coefficient (Wildman–Crippen LogP) is 2.74. The Bertz CT molecular complexity index is 402. The molecule has 1 aromatic rings. The second-order valence-electron chi connectivity index (χ2n) is 4.38. The topological polar surface area (TPSA) is 49.8 Å². The molecule has 100 valence electrons. The molecule has 6 heteroatoms. The highest BCUT2D eigenvalue weighted by Gasteiger charge is 2.27. The van der Waals surface area contributed by atoms with Gasteiger partial charge in [0.25, 0.3) is 0 Å². The summed E-state index contributed by atoms with van der Waals surface area (Å²) in [6, 6.07) is 0.305. The maximum absolute atomic E-state index is 13.7. The van der Waals surface area contributed by atoms with Crippen molar-refractivity contribution in [2.45, 2.75) is 37.5 Å². The van der Waals surface area contributed by atoms with Gasteiger partial charge in [0.1, 0.15) is 0 Å². The molecule has 0 spiro atoms. The molecule has 1 heterocycles. The highest BCUT2D eigenvalue weighted by Crippen LogP contribution is 2.30. The Hall–Kier alpha value is -1.04. The summed E-state index contributed by atoms with van der Waals surface area (Å²) in [5.74, 6) is 0.399. The van der Waals surface area contributed by atoms with Crippen LogP contribution in [0, 0.1) is 5.82 Å². The second kappa shape index (κ2) is 6.22. The van der Waals surface area contributed by atoms with Crippen LogP contribution in [0.2, 0.25) is 0 Å². The van der Waals surface area contributed by atoms with Crippen LogP contribution < -0.4 is 10.6 Å². The zero-order valence-electron chi connectivity index (χ0n) is 10.7. The van der Waals surface area contributed by atoms with Gasteiger partial charge < -0.3 is 10.6 Å². The van der Waals surface area contributed by atoms with Crippen LogP contribution in [-0.4, -0.2) is 34.1 Å². The van der Waals surface area contributed by atoms with E-state index < -0.39 is 0 Å². The molecule has 4 nitrogen and oxygen atoms in total. The largest absolute Gasteiger partial charge is 0.364 e. The van der Waals surface area contributed by atoms with E-state index in [-0.39, 0.29) is 5.82 Å². The quantitative estimate of drug-likeness (QED) is 0.861. The van der Waals surface area contributed by atoms with E-state index >= 15 is 0 Å². The Morgan fingerprint density at radius 1 is 1.50 bits per heavy atom. The van der Waals surface area contributed by atoms with E-state index in [2.05, 4.69) is 26.9 Å². The minimum absolute atomic E-state index is 0.305. The molecule has 2 atom stereocenters. The van der Waals surface area contributed by atoms with Gasteiger partial charge in [0.2, 0.25) is 5.95 Å².